The van der Waals surface area contributed by atoms with Gasteiger partial charge in [0.05, 0.1) is 6.10 Å². The van der Waals surface area contributed by atoms with Crippen molar-refractivity contribution in [2.45, 2.75) is 57.7 Å². The molecule has 1 aliphatic carbocycles. The highest BCUT2D eigenvalue weighted by Crippen LogP contribution is 2.49. The topological polar surface area (TPSA) is 67.6 Å². The first-order valence-electron chi connectivity index (χ1n) is 9.40. The van der Waals surface area contributed by atoms with Crippen molar-refractivity contribution in [1.82, 2.24) is 5.32 Å². The van der Waals surface area contributed by atoms with Crippen molar-refractivity contribution < 1.29 is 9.53 Å². The summed E-state index contributed by atoms with van der Waals surface area (Å²) in [4.78, 5) is 15.3. The van der Waals surface area contributed by atoms with Gasteiger partial charge in [0.2, 0.25) is 5.91 Å². The van der Waals surface area contributed by atoms with Gasteiger partial charge < -0.3 is 20.7 Å². The molecule has 5 nitrogen and oxygen atoms in total. The Labute approximate surface area is 150 Å². The van der Waals surface area contributed by atoms with E-state index in [2.05, 4.69) is 34.5 Å². The molecule has 3 atom stereocenters. The van der Waals surface area contributed by atoms with Crippen LogP contribution < -0.4 is 16.0 Å². The van der Waals surface area contributed by atoms with Gasteiger partial charge in [-0.15, -0.1) is 0 Å². The van der Waals surface area contributed by atoms with Crippen molar-refractivity contribution in [3.8, 4) is 0 Å². The summed E-state index contributed by atoms with van der Waals surface area (Å²) in [6.07, 6.45) is 2.72. The van der Waals surface area contributed by atoms with Crippen LogP contribution in [0.15, 0.2) is 30.3 Å². The normalized spacial score (nSPS) is 31.3. The molecule has 1 saturated carbocycles. The summed E-state index contributed by atoms with van der Waals surface area (Å²) in [5.74, 6) is -0.0339. The number of anilines is 1. The summed E-state index contributed by atoms with van der Waals surface area (Å²) in [6.45, 7) is 8.57. The largest absolute Gasteiger partial charge is 0.378 e. The van der Waals surface area contributed by atoms with Crippen LogP contribution in [0.2, 0.25) is 0 Å². The SMILES string of the molecule is CCOC1CC(N)(C(=O)NC2CCCN(c3ccccc3)C2)C1(C)C. The highest BCUT2D eigenvalue weighted by molar-refractivity contribution is 5.89. The Morgan fingerprint density at radius 1 is 1.36 bits per heavy atom. The average molecular weight is 345 g/mol. The number of benzene rings is 1. The minimum Gasteiger partial charge on any atom is -0.378 e. The molecule has 3 unspecified atom stereocenters. The lowest BCUT2D eigenvalue weighted by atomic mass is 9.54. The molecule has 1 saturated heterocycles. The summed E-state index contributed by atoms with van der Waals surface area (Å²) in [7, 11) is 0. The van der Waals surface area contributed by atoms with E-state index in [0.717, 1.165) is 25.9 Å². The van der Waals surface area contributed by atoms with E-state index in [1.165, 1.54) is 5.69 Å². The number of nitrogens with one attached hydrogen (secondary N) is 1. The molecule has 0 radical (unpaired) electrons. The number of para-hydroxylation sites is 1. The molecule has 0 spiro atoms. The lowest BCUT2D eigenvalue weighted by Crippen LogP contribution is -2.76. The highest BCUT2D eigenvalue weighted by atomic mass is 16.5. The molecule has 1 amide bonds. The third-order valence-corrected chi connectivity index (χ3v) is 6.11. The second-order valence-electron chi connectivity index (χ2n) is 7.94. The summed E-state index contributed by atoms with van der Waals surface area (Å²) in [6, 6.07) is 10.5. The van der Waals surface area contributed by atoms with Crippen LogP contribution in [-0.4, -0.2) is 43.3 Å². The van der Waals surface area contributed by atoms with Gasteiger partial charge in [-0.1, -0.05) is 32.0 Å². The van der Waals surface area contributed by atoms with E-state index in [1.54, 1.807) is 0 Å². The lowest BCUT2D eigenvalue weighted by Gasteiger charge is -2.58. The molecular weight excluding hydrogens is 314 g/mol. The van der Waals surface area contributed by atoms with Gasteiger partial charge in [-0.2, -0.15) is 0 Å². The third kappa shape index (κ3) is 3.27. The number of nitrogens with zero attached hydrogens (tertiary/aromatic N) is 1. The van der Waals surface area contributed by atoms with E-state index in [-0.39, 0.29) is 23.5 Å². The van der Waals surface area contributed by atoms with E-state index in [4.69, 9.17) is 10.5 Å². The molecule has 138 valence electrons. The minimum atomic E-state index is -0.845. The highest BCUT2D eigenvalue weighted by Gasteiger charge is 2.63. The van der Waals surface area contributed by atoms with Crippen molar-refractivity contribution >= 4 is 11.6 Å². The van der Waals surface area contributed by atoms with Crippen LogP contribution in [0.5, 0.6) is 0 Å². The molecule has 2 fully saturated rings. The molecular formula is C20H31N3O2. The van der Waals surface area contributed by atoms with E-state index < -0.39 is 5.54 Å². The maximum Gasteiger partial charge on any atom is 0.241 e. The summed E-state index contributed by atoms with van der Waals surface area (Å²) in [5.41, 5.74) is 6.52. The lowest BCUT2D eigenvalue weighted by molar-refractivity contribution is -0.171. The average Bonchev–Trinajstić information content (AvgIpc) is 2.62. The number of amides is 1. The molecule has 0 aromatic heterocycles. The van der Waals surface area contributed by atoms with Crippen molar-refractivity contribution in [3.63, 3.8) is 0 Å². The monoisotopic (exact) mass is 345 g/mol. The van der Waals surface area contributed by atoms with Gasteiger partial charge in [0.1, 0.15) is 5.54 Å². The van der Waals surface area contributed by atoms with E-state index in [9.17, 15) is 4.79 Å². The zero-order valence-electron chi connectivity index (χ0n) is 15.6. The maximum absolute atomic E-state index is 12.9. The van der Waals surface area contributed by atoms with Gasteiger partial charge in [-0.25, -0.2) is 0 Å². The van der Waals surface area contributed by atoms with Gasteiger partial charge >= 0.3 is 0 Å². The van der Waals surface area contributed by atoms with Crippen molar-refractivity contribution in [3.05, 3.63) is 30.3 Å². The number of piperidine rings is 1. The predicted octanol–water partition coefficient (Wildman–Crippen LogP) is 2.30. The quantitative estimate of drug-likeness (QED) is 0.859. The molecule has 2 aliphatic rings. The predicted molar refractivity (Wildman–Crippen MR) is 101 cm³/mol. The molecule has 1 aromatic carbocycles. The second-order valence-corrected chi connectivity index (χ2v) is 7.94. The fraction of sp³-hybridized carbons (Fsp3) is 0.650. The summed E-state index contributed by atoms with van der Waals surface area (Å²) >= 11 is 0. The van der Waals surface area contributed by atoms with Crippen molar-refractivity contribution in [2.75, 3.05) is 24.6 Å². The number of carbonyl (C=O) groups is 1. The van der Waals surface area contributed by atoms with Crippen LogP contribution in [0, 0.1) is 5.41 Å². The van der Waals surface area contributed by atoms with Gasteiger partial charge in [-0.3, -0.25) is 4.79 Å². The van der Waals surface area contributed by atoms with Crippen LogP contribution in [0.4, 0.5) is 5.69 Å². The number of nitrogens with two attached hydrogens (primary N) is 1. The van der Waals surface area contributed by atoms with Crippen LogP contribution in [0.1, 0.15) is 40.0 Å². The molecule has 25 heavy (non-hydrogen) atoms. The molecule has 1 aromatic rings. The Balaban J connectivity index is 1.61. The number of hydrogen-bond acceptors (Lipinski definition) is 4. The van der Waals surface area contributed by atoms with Gasteiger partial charge in [-0.05, 0) is 31.9 Å². The molecule has 5 heteroatoms. The van der Waals surface area contributed by atoms with Crippen molar-refractivity contribution in [2.24, 2.45) is 11.1 Å². The van der Waals surface area contributed by atoms with E-state index in [1.807, 2.05) is 26.8 Å². The Hall–Kier alpha value is -1.59. The molecule has 1 heterocycles. The standard InChI is InChI=1S/C20H31N3O2/c1-4-25-17-13-20(21,19(17,2)3)18(24)22-15-9-8-12-23(14-15)16-10-6-5-7-11-16/h5-7,10-11,15,17H,4,8-9,12-14,21H2,1-3H3,(H,22,24). The van der Waals surface area contributed by atoms with E-state index >= 15 is 0 Å². The summed E-state index contributed by atoms with van der Waals surface area (Å²) in [5, 5.41) is 3.22. The Bertz CT molecular complexity index is 604. The fourth-order valence-corrected chi connectivity index (χ4v) is 4.10. The Morgan fingerprint density at radius 3 is 2.72 bits per heavy atom. The van der Waals surface area contributed by atoms with Gasteiger partial charge in [0, 0.05) is 43.3 Å². The first kappa shape index (κ1) is 18.2. The molecule has 0 bridgehead atoms. The zero-order chi connectivity index (χ0) is 18.1. The summed E-state index contributed by atoms with van der Waals surface area (Å²) < 4.78 is 5.74. The van der Waals surface area contributed by atoms with Crippen LogP contribution in [0.25, 0.3) is 0 Å². The number of rotatable bonds is 5. The molecule has 3 rings (SSSR count). The van der Waals surface area contributed by atoms with Crippen LogP contribution in [0.3, 0.4) is 0 Å². The number of carbonyl (C=O) groups excluding carboxylic acids is 1. The third-order valence-electron chi connectivity index (χ3n) is 6.11. The fourth-order valence-electron chi connectivity index (χ4n) is 4.10. The Morgan fingerprint density at radius 2 is 2.08 bits per heavy atom. The number of hydrogen-bond donors (Lipinski definition) is 2. The van der Waals surface area contributed by atoms with Crippen LogP contribution in [-0.2, 0) is 9.53 Å². The first-order chi connectivity index (χ1) is 11.9. The first-order valence-corrected chi connectivity index (χ1v) is 9.40. The minimum absolute atomic E-state index is 0.0339. The maximum atomic E-state index is 12.9. The van der Waals surface area contributed by atoms with Crippen LogP contribution >= 0.6 is 0 Å². The van der Waals surface area contributed by atoms with Crippen molar-refractivity contribution in [1.29, 1.82) is 0 Å². The molecule has 3 N–H and O–H groups in total. The van der Waals surface area contributed by atoms with Gasteiger partial charge in [0.15, 0.2) is 0 Å². The zero-order valence-corrected chi connectivity index (χ0v) is 15.6. The Kier molecular flexibility index (Phi) is 5.07. The smallest absolute Gasteiger partial charge is 0.241 e. The van der Waals surface area contributed by atoms with Gasteiger partial charge in [0.25, 0.3) is 0 Å². The number of ether oxygens (including phenoxy) is 1. The second kappa shape index (κ2) is 6.96. The molecule has 1 aliphatic heterocycles. The van der Waals surface area contributed by atoms with E-state index in [0.29, 0.717) is 13.0 Å².